The highest BCUT2D eigenvalue weighted by atomic mass is 14.2. The second kappa shape index (κ2) is 13.8. The Morgan fingerprint density at radius 1 is 0.893 bits per heavy atom. The predicted octanol–water partition coefficient (Wildman–Crippen LogP) is 9.07. The van der Waals surface area contributed by atoms with Gasteiger partial charge in [0.25, 0.3) is 0 Å². The summed E-state index contributed by atoms with van der Waals surface area (Å²) in [5.74, 6) is 1.60. The van der Waals surface area contributed by atoms with E-state index in [0.29, 0.717) is 5.92 Å². The molecule has 0 bridgehead atoms. The molecule has 0 radical (unpaired) electrons. The number of unbranched alkanes of at least 4 members (excludes halogenated alkanes) is 1. The van der Waals surface area contributed by atoms with Crippen molar-refractivity contribution >= 4 is 0 Å². The topological polar surface area (TPSA) is 0 Å². The molecule has 1 aromatic carbocycles. The quantitative estimate of drug-likeness (QED) is 0.250. The maximum absolute atomic E-state index is 4.38. The maximum atomic E-state index is 4.38. The summed E-state index contributed by atoms with van der Waals surface area (Å²) in [6.07, 6.45) is 20.3. The fraction of sp³-hybridized carbons (Fsp3) is 0.643. The lowest BCUT2D eigenvalue weighted by Gasteiger charge is -2.20. The third kappa shape index (κ3) is 9.76. The van der Waals surface area contributed by atoms with Crippen LogP contribution in [0.25, 0.3) is 0 Å². The molecule has 0 N–H and O–H groups in total. The molecule has 0 heteroatoms. The summed E-state index contributed by atoms with van der Waals surface area (Å²) in [6.45, 7) is 11.1. The second-order valence-electron chi connectivity index (χ2n) is 9.29. The summed E-state index contributed by atoms with van der Waals surface area (Å²) in [6, 6.07) is 10.8. The molecule has 0 heterocycles. The van der Waals surface area contributed by atoms with Gasteiger partial charge in [0.05, 0.1) is 0 Å². The van der Waals surface area contributed by atoms with Gasteiger partial charge < -0.3 is 0 Å². The van der Waals surface area contributed by atoms with Gasteiger partial charge in [-0.2, -0.15) is 0 Å². The van der Waals surface area contributed by atoms with E-state index < -0.39 is 0 Å². The standard InChI is InChI=1S/C28H44/c1-24(20-22-27-16-8-5-4-6-9-17-27)14-12-13-15-25(2)26(3)21-23-28-18-10-7-11-19-28/h7,10-11,18-19,26-27H,1-2,4-6,8-9,12-17,20-23H2,3H3. The summed E-state index contributed by atoms with van der Waals surface area (Å²) in [5.41, 5.74) is 4.38. The van der Waals surface area contributed by atoms with Gasteiger partial charge >= 0.3 is 0 Å². The Bertz CT molecular complexity index is 545. The van der Waals surface area contributed by atoms with Gasteiger partial charge in [0, 0.05) is 0 Å². The van der Waals surface area contributed by atoms with Crippen LogP contribution in [0.4, 0.5) is 0 Å². The van der Waals surface area contributed by atoms with Gasteiger partial charge in [-0.25, -0.2) is 0 Å². The molecule has 1 aromatic rings. The lowest BCUT2D eigenvalue weighted by atomic mass is 9.86. The van der Waals surface area contributed by atoms with E-state index in [0.717, 1.165) is 5.92 Å². The zero-order valence-corrected chi connectivity index (χ0v) is 18.6. The lowest BCUT2D eigenvalue weighted by molar-refractivity contribution is 0.357. The van der Waals surface area contributed by atoms with E-state index in [2.05, 4.69) is 50.4 Å². The van der Waals surface area contributed by atoms with Crippen molar-refractivity contribution in [3.05, 3.63) is 60.2 Å². The van der Waals surface area contributed by atoms with E-state index in [9.17, 15) is 0 Å². The van der Waals surface area contributed by atoms with Gasteiger partial charge in [0.2, 0.25) is 0 Å². The van der Waals surface area contributed by atoms with Crippen LogP contribution < -0.4 is 0 Å². The summed E-state index contributed by atoms with van der Waals surface area (Å²) in [4.78, 5) is 0. The first kappa shape index (κ1) is 23.0. The van der Waals surface area contributed by atoms with Gasteiger partial charge in [-0.05, 0) is 68.8 Å². The molecule has 1 fully saturated rings. The number of hydrogen-bond acceptors (Lipinski definition) is 0. The van der Waals surface area contributed by atoms with E-state index in [-0.39, 0.29) is 0 Å². The Kier molecular flexibility index (Phi) is 11.3. The first-order chi connectivity index (χ1) is 13.6. The molecular weight excluding hydrogens is 336 g/mol. The highest BCUT2D eigenvalue weighted by Crippen LogP contribution is 2.28. The van der Waals surface area contributed by atoms with Crippen LogP contribution in [0.15, 0.2) is 54.6 Å². The van der Waals surface area contributed by atoms with E-state index in [1.165, 1.54) is 113 Å². The Hall–Kier alpha value is -1.30. The third-order valence-corrected chi connectivity index (χ3v) is 6.81. The first-order valence-corrected chi connectivity index (χ1v) is 12.0. The van der Waals surface area contributed by atoms with Crippen LogP contribution in [0.3, 0.4) is 0 Å². The van der Waals surface area contributed by atoms with Crippen LogP contribution in [0.1, 0.15) is 102 Å². The van der Waals surface area contributed by atoms with Crippen molar-refractivity contribution in [2.24, 2.45) is 11.8 Å². The molecular formula is C28H44. The van der Waals surface area contributed by atoms with Crippen molar-refractivity contribution < 1.29 is 0 Å². The van der Waals surface area contributed by atoms with Gasteiger partial charge in [0.15, 0.2) is 0 Å². The zero-order chi connectivity index (χ0) is 20.0. The molecule has 1 aliphatic rings. The number of allylic oxidation sites excluding steroid dienone is 2. The molecule has 0 spiro atoms. The van der Waals surface area contributed by atoms with Gasteiger partial charge in [-0.1, -0.05) is 107 Å². The van der Waals surface area contributed by atoms with Crippen LogP contribution >= 0.6 is 0 Å². The van der Waals surface area contributed by atoms with Gasteiger partial charge in [-0.3, -0.25) is 0 Å². The largest absolute Gasteiger partial charge is 0.0999 e. The maximum Gasteiger partial charge on any atom is -0.0231 e. The molecule has 28 heavy (non-hydrogen) atoms. The van der Waals surface area contributed by atoms with Crippen molar-refractivity contribution in [2.75, 3.05) is 0 Å². The summed E-state index contributed by atoms with van der Waals surface area (Å²) in [5, 5.41) is 0. The molecule has 0 saturated heterocycles. The first-order valence-electron chi connectivity index (χ1n) is 12.0. The van der Waals surface area contributed by atoms with E-state index in [4.69, 9.17) is 0 Å². The van der Waals surface area contributed by atoms with Crippen LogP contribution in [-0.2, 0) is 6.42 Å². The smallest absolute Gasteiger partial charge is 0.0231 e. The van der Waals surface area contributed by atoms with Crippen molar-refractivity contribution in [1.82, 2.24) is 0 Å². The minimum Gasteiger partial charge on any atom is -0.0999 e. The van der Waals surface area contributed by atoms with Crippen LogP contribution in [0, 0.1) is 11.8 Å². The summed E-state index contributed by atoms with van der Waals surface area (Å²) >= 11 is 0. The Balaban J connectivity index is 1.52. The second-order valence-corrected chi connectivity index (χ2v) is 9.29. The summed E-state index contributed by atoms with van der Waals surface area (Å²) < 4.78 is 0. The predicted molar refractivity (Wildman–Crippen MR) is 126 cm³/mol. The lowest BCUT2D eigenvalue weighted by Crippen LogP contribution is -2.04. The monoisotopic (exact) mass is 380 g/mol. The molecule has 0 aromatic heterocycles. The number of aryl methyl sites for hydroxylation is 1. The van der Waals surface area contributed by atoms with Crippen molar-refractivity contribution in [3.63, 3.8) is 0 Å². The molecule has 1 atom stereocenters. The average molecular weight is 381 g/mol. The molecule has 1 aliphatic carbocycles. The van der Waals surface area contributed by atoms with Crippen LogP contribution in [-0.4, -0.2) is 0 Å². The normalized spacial score (nSPS) is 16.9. The minimum absolute atomic E-state index is 0.628. The molecule has 0 amide bonds. The Labute approximate surface area is 175 Å². The Morgan fingerprint density at radius 3 is 2.25 bits per heavy atom. The molecule has 156 valence electrons. The molecule has 1 saturated carbocycles. The average Bonchev–Trinajstić information content (AvgIpc) is 2.69. The van der Waals surface area contributed by atoms with E-state index >= 15 is 0 Å². The molecule has 0 nitrogen and oxygen atoms in total. The van der Waals surface area contributed by atoms with Crippen LogP contribution in [0.2, 0.25) is 0 Å². The zero-order valence-electron chi connectivity index (χ0n) is 18.6. The minimum atomic E-state index is 0.628. The fourth-order valence-corrected chi connectivity index (χ4v) is 4.57. The highest BCUT2D eigenvalue weighted by Gasteiger charge is 2.12. The Morgan fingerprint density at radius 2 is 1.54 bits per heavy atom. The van der Waals surface area contributed by atoms with E-state index in [1.54, 1.807) is 0 Å². The van der Waals surface area contributed by atoms with Crippen LogP contribution in [0.5, 0.6) is 0 Å². The van der Waals surface area contributed by atoms with Crippen molar-refractivity contribution in [3.8, 4) is 0 Å². The number of benzene rings is 1. The number of hydrogen-bond donors (Lipinski definition) is 0. The van der Waals surface area contributed by atoms with E-state index in [1.807, 2.05) is 0 Å². The van der Waals surface area contributed by atoms with Crippen molar-refractivity contribution in [2.45, 2.75) is 103 Å². The molecule has 2 rings (SSSR count). The fourth-order valence-electron chi connectivity index (χ4n) is 4.57. The third-order valence-electron chi connectivity index (χ3n) is 6.81. The van der Waals surface area contributed by atoms with Gasteiger partial charge in [0.1, 0.15) is 0 Å². The van der Waals surface area contributed by atoms with Gasteiger partial charge in [-0.15, -0.1) is 0 Å². The number of rotatable bonds is 12. The SMILES string of the molecule is C=C(CCCCC(=C)C(C)CCc1ccccc1)CCC1CCCCCCC1. The van der Waals surface area contributed by atoms with Crippen molar-refractivity contribution in [1.29, 1.82) is 0 Å². The molecule has 0 aliphatic heterocycles. The summed E-state index contributed by atoms with van der Waals surface area (Å²) in [7, 11) is 0. The highest BCUT2D eigenvalue weighted by molar-refractivity contribution is 5.15. The molecule has 1 unspecified atom stereocenters.